The highest BCUT2D eigenvalue weighted by Crippen LogP contribution is 2.33. The molecule has 0 bridgehead atoms. The molecule has 100 valence electrons. The van der Waals surface area contributed by atoms with Crippen LogP contribution in [0.2, 0.25) is 0 Å². The third-order valence-electron chi connectivity index (χ3n) is 3.12. The molecular weight excluding hydrogens is 272 g/mol. The molecular formula is C13H17F2NS2. The maximum absolute atomic E-state index is 13.6. The van der Waals surface area contributed by atoms with Crippen molar-refractivity contribution < 1.29 is 8.78 Å². The van der Waals surface area contributed by atoms with E-state index in [1.54, 1.807) is 0 Å². The van der Waals surface area contributed by atoms with Gasteiger partial charge in [-0.3, -0.25) is 0 Å². The quantitative estimate of drug-likeness (QED) is 0.926. The van der Waals surface area contributed by atoms with Gasteiger partial charge in [0.1, 0.15) is 11.6 Å². The van der Waals surface area contributed by atoms with Gasteiger partial charge in [-0.2, -0.15) is 23.5 Å². The Labute approximate surface area is 115 Å². The van der Waals surface area contributed by atoms with Gasteiger partial charge in [0.15, 0.2) is 0 Å². The summed E-state index contributed by atoms with van der Waals surface area (Å²) in [5.41, 5.74) is 6.55. The van der Waals surface area contributed by atoms with Crippen LogP contribution in [0.4, 0.5) is 8.78 Å². The number of hydrogen-bond acceptors (Lipinski definition) is 3. The molecule has 0 radical (unpaired) electrons. The molecule has 18 heavy (non-hydrogen) atoms. The van der Waals surface area contributed by atoms with Gasteiger partial charge in [0, 0.05) is 28.0 Å². The SMILES string of the molecule is CC1SCCSC1C(N)Cc1cc(F)ccc1F. The van der Waals surface area contributed by atoms with E-state index < -0.39 is 5.82 Å². The van der Waals surface area contributed by atoms with Gasteiger partial charge in [-0.25, -0.2) is 8.78 Å². The molecule has 0 amide bonds. The van der Waals surface area contributed by atoms with Crippen molar-refractivity contribution in [3.05, 3.63) is 35.4 Å². The highest BCUT2D eigenvalue weighted by molar-refractivity contribution is 8.07. The van der Waals surface area contributed by atoms with E-state index in [9.17, 15) is 8.78 Å². The van der Waals surface area contributed by atoms with Gasteiger partial charge < -0.3 is 5.73 Å². The van der Waals surface area contributed by atoms with Gasteiger partial charge in [0.2, 0.25) is 0 Å². The molecule has 0 aromatic heterocycles. The summed E-state index contributed by atoms with van der Waals surface area (Å²) < 4.78 is 26.7. The first-order chi connectivity index (χ1) is 8.58. The maximum atomic E-state index is 13.6. The first-order valence-corrected chi connectivity index (χ1v) is 8.10. The molecule has 3 unspecified atom stereocenters. The predicted octanol–water partition coefficient (Wildman–Crippen LogP) is 3.07. The van der Waals surface area contributed by atoms with Crippen LogP contribution in [0.25, 0.3) is 0 Å². The Morgan fingerprint density at radius 2 is 2.06 bits per heavy atom. The molecule has 2 N–H and O–H groups in total. The molecule has 1 aromatic rings. The van der Waals surface area contributed by atoms with E-state index in [0.29, 0.717) is 22.5 Å². The van der Waals surface area contributed by atoms with Crippen LogP contribution in [0.1, 0.15) is 12.5 Å². The van der Waals surface area contributed by atoms with Crippen LogP contribution in [0.15, 0.2) is 18.2 Å². The van der Waals surface area contributed by atoms with Gasteiger partial charge in [-0.05, 0) is 30.2 Å². The third kappa shape index (κ3) is 3.39. The van der Waals surface area contributed by atoms with Crippen molar-refractivity contribution in [3.63, 3.8) is 0 Å². The lowest BCUT2D eigenvalue weighted by Crippen LogP contribution is -2.42. The van der Waals surface area contributed by atoms with E-state index in [4.69, 9.17) is 5.73 Å². The standard InChI is InChI=1S/C13H17F2NS2/c1-8-13(18-5-4-17-8)12(16)7-9-6-10(14)2-3-11(9)15/h2-3,6,8,12-13H,4-5,7,16H2,1H3. The second kappa shape index (κ2) is 6.26. The Hall–Kier alpha value is -0.260. The lowest BCUT2D eigenvalue weighted by molar-refractivity contribution is 0.558. The predicted molar refractivity (Wildman–Crippen MR) is 76.2 cm³/mol. The van der Waals surface area contributed by atoms with Crippen LogP contribution >= 0.6 is 23.5 Å². The minimum Gasteiger partial charge on any atom is -0.326 e. The molecule has 2 rings (SSSR count). The first-order valence-electron chi connectivity index (χ1n) is 6.00. The van der Waals surface area contributed by atoms with Crippen molar-refractivity contribution in [2.45, 2.75) is 29.9 Å². The minimum absolute atomic E-state index is 0.130. The van der Waals surface area contributed by atoms with E-state index >= 15 is 0 Å². The average Bonchev–Trinajstić information content (AvgIpc) is 2.34. The summed E-state index contributed by atoms with van der Waals surface area (Å²) in [6.45, 7) is 2.16. The minimum atomic E-state index is -0.405. The molecule has 1 fully saturated rings. The smallest absolute Gasteiger partial charge is 0.126 e. The molecule has 1 nitrogen and oxygen atoms in total. The van der Waals surface area contributed by atoms with Crippen LogP contribution in [-0.4, -0.2) is 28.0 Å². The fourth-order valence-corrected chi connectivity index (χ4v) is 5.08. The zero-order valence-electron chi connectivity index (χ0n) is 10.2. The fraction of sp³-hybridized carbons (Fsp3) is 0.538. The van der Waals surface area contributed by atoms with Gasteiger partial charge in [0.05, 0.1) is 0 Å². The Kier molecular flexibility index (Phi) is 4.92. The summed E-state index contributed by atoms with van der Waals surface area (Å²) in [6, 6.07) is 3.43. The van der Waals surface area contributed by atoms with Gasteiger partial charge >= 0.3 is 0 Å². The highest BCUT2D eigenvalue weighted by atomic mass is 32.2. The van der Waals surface area contributed by atoms with Crippen molar-refractivity contribution in [2.24, 2.45) is 5.73 Å². The molecule has 5 heteroatoms. The van der Waals surface area contributed by atoms with Crippen molar-refractivity contribution in [1.29, 1.82) is 0 Å². The number of halogens is 2. The summed E-state index contributed by atoms with van der Waals surface area (Å²) >= 11 is 3.75. The molecule has 3 atom stereocenters. The first kappa shape index (κ1) is 14.2. The zero-order chi connectivity index (χ0) is 13.1. The zero-order valence-corrected chi connectivity index (χ0v) is 11.9. The van der Waals surface area contributed by atoms with Gasteiger partial charge in [-0.1, -0.05) is 6.92 Å². The Morgan fingerprint density at radius 3 is 2.78 bits per heavy atom. The van der Waals surface area contributed by atoms with Crippen LogP contribution in [0.5, 0.6) is 0 Å². The number of nitrogens with two attached hydrogens (primary N) is 1. The number of thioether (sulfide) groups is 2. The molecule has 1 heterocycles. The molecule has 1 aliphatic heterocycles. The van der Waals surface area contributed by atoms with E-state index in [1.165, 1.54) is 12.1 Å². The fourth-order valence-electron chi connectivity index (χ4n) is 2.19. The Balaban J connectivity index is 2.05. The lowest BCUT2D eigenvalue weighted by atomic mass is 10.0. The normalized spacial score (nSPS) is 26.0. The lowest BCUT2D eigenvalue weighted by Gasteiger charge is -2.32. The van der Waals surface area contributed by atoms with Gasteiger partial charge in [0.25, 0.3) is 0 Å². The van der Waals surface area contributed by atoms with Crippen LogP contribution in [0.3, 0.4) is 0 Å². The van der Waals surface area contributed by atoms with Crippen molar-refractivity contribution in [2.75, 3.05) is 11.5 Å². The molecule has 1 aliphatic rings. The number of hydrogen-bond donors (Lipinski definition) is 1. The van der Waals surface area contributed by atoms with E-state index in [2.05, 4.69) is 6.92 Å². The van der Waals surface area contributed by atoms with Gasteiger partial charge in [-0.15, -0.1) is 0 Å². The summed E-state index contributed by atoms with van der Waals surface area (Å²) in [6.07, 6.45) is 0.395. The molecule has 0 spiro atoms. The second-order valence-electron chi connectivity index (χ2n) is 4.52. The number of benzene rings is 1. The summed E-state index contributed by atoms with van der Waals surface area (Å²) in [5.74, 6) is 1.45. The van der Waals surface area contributed by atoms with Crippen molar-refractivity contribution in [3.8, 4) is 0 Å². The third-order valence-corrected chi connectivity index (χ3v) is 6.39. The van der Waals surface area contributed by atoms with Crippen molar-refractivity contribution in [1.82, 2.24) is 0 Å². The molecule has 0 saturated carbocycles. The Morgan fingerprint density at radius 1 is 1.33 bits per heavy atom. The Bertz CT molecular complexity index is 414. The summed E-state index contributed by atoms with van der Waals surface area (Å²) in [4.78, 5) is 0. The second-order valence-corrected chi connectivity index (χ2v) is 7.29. The van der Waals surface area contributed by atoms with Crippen LogP contribution in [-0.2, 0) is 6.42 Å². The summed E-state index contributed by atoms with van der Waals surface area (Å²) in [5, 5.41) is 0.779. The topological polar surface area (TPSA) is 26.0 Å². The highest BCUT2D eigenvalue weighted by Gasteiger charge is 2.28. The van der Waals surface area contributed by atoms with Crippen LogP contribution in [0, 0.1) is 11.6 Å². The molecule has 1 aromatic carbocycles. The maximum Gasteiger partial charge on any atom is 0.126 e. The van der Waals surface area contributed by atoms with Crippen LogP contribution < -0.4 is 5.73 Å². The number of rotatable bonds is 3. The molecule has 0 aliphatic carbocycles. The van der Waals surface area contributed by atoms with E-state index in [1.807, 2.05) is 23.5 Å². The molecule has 1 saturated heterocycles. The van der Waals surface area contributed by atoms with E-state index in [0.717, 1.165) is 17.6 Å². The van der Waals surface area contributed by atoms with Crippen molar-refractivity contribution >= 4 is 23.5 Å². The average molecular weight is 289 g/mol. The van der Waals surface area contributed by atoms with E-state index in [-0.39, 0.29) is 11.9 Å². The largest absolute Gasteiger partial charge is 0.326 e. The monoisotopic (exact) mass is 289 g/mol. The summed E-state index contributed by atoms with van der Waals surface area (Å²) in [7, 11) is 0.